The average molecular weight is 585 g/mol. The van der Waals surface area contributed by atoms with E-state index in [0.717, 1.165) is 10.0 Å². The number of carbonyl (C=O) groups excluding carboxylic acids is 1. The van der Waals surface area contributed by atoms with E-state index in [4.69, 9.17) is 17.3 Å². The van der Waals surface area contributed by atoms with E-state index in [0.29, 0.717) is 53.5 Å². The topological polar surface area (TPSA) is 85.6 Å². The number of benzene rings is 2. The Morgan fingerprint density at radius 3 is 2.43 bits per heavy atom. The minimum absolute atomic E-state index is 0.0103. The van der Waals surface area contributed by atoms with Crippen LogP contribution in [0.25, 0.3) is 5.52 Å². The lowest BCUT2D eigenvalue weighted by Crippen LogP contribution is -2.42. The SMILES string of the molecule is Cc1nn2c(=O)n(Cc3ccccc3)c(C(C(C)C)N(CCCN)C(=O)c3ccc(Br)cc3)cc2c1Cl. The van der Waals surface area contributed by atoms with E-state index in [-0.39, 0.29) is 17.5 Å². The second-order valence-corrected chi connectivity index (χ2v) is 10.8. The van der Waals surface area contributed by atoms with Crippen molar-refractivity contribution in [2.45, 2.75) is 39.8 Å². The highest BCUT2D eigenvalue weighted by Gasteiger charge is 2.32. The molecule has 0 fully saturated rings. The van der Waals surface area contributed by atoms with Crippen LogP contribution in [0.2, 0.25) is 5.02 Å². The molecule has 1 unspecified atom stereocenters. The molecule has 4 aromatic rings. The molecule has 1 atom stereocenters. The average Bonchev–Trinajstić information content (AvgIpc) is 3.17. The Balaban J connectivity index is 1.94. The fourth-order valence-electron chi connectivity index (χ4n) is 4.66. The molecule has 0 bridgehead atoms. The summed E-state index contributed by atoms with van der Waals surface area (Å²) >= 11 is 10.0. The quantitative estimate of drug-likeness (QED) is 0.283. The zero-order valence-electron chi connectivity index (χ0n) is 21.2. The highest BCUT2D eigenvalue weighted by atomic mass is 79.9. The van der Waals surface area contributed by atoms with Crippen LogP contribution in [0.1, 0.15) is 53.6 Å². The van der Waals surface area contributed by atoms with E-state index in [1.54, 1.807) is 23.6 Å². The lowest BCUT2D eigenvalue weighted by atomic mass is 9.96. The minimum Gasteiger partial charge on any atom is -0.330 e. The highest BCUT2D eigenvalue weighted by molar-refractivity contribution is 9.10. The number of aromatic nitrogens is 3. The second-order valence-electron chi connectivity index (χ2n) is 9.46. The standard InChI is InChI=1S/C28H31BrClN5O2/c1-18(2)26(33(15-7-14-31)27(36)21-10-12-22(29)13-11-21)24-16-23-25(30)19(3)32-35(23)28(37)34(24)17-20-8-5-4-6-9-20/h4-6,8-13,16,18,26H,7,14-15,17,31H2,1-3H3. The van der Waals surface area contributed by atoms with Crippen molar-refractivity contribution in [2.75, 3.05) is 13.1 Å². The van der Waals surface area contributed by atoms with Gasteiger partial charge in [-0.15, -0.1) is 0 Å². The first-order chi connectivity index (χ1) is 17.7. The fraction of sp³-hybridized carbons (Fsp3) is 0.321. The molecule has 2 aromatic heterocycles. The predicted octanol–water partition coefficient (Wildman–Crippen LogP) is 5.46. The van der Waals surface area contributed by atoms with Crippen molar-refractivity contribution in [3.63, 3.8) is 0 Å². The van der Waals surface area contributed by atoms with Crippen LogP contribution < -0.4 is 11.4 Å². The summed E-state index contributed by atoms with van der Waals surface area (Å²) in [6.07, 6.45) is 0.628. The maximum absolute atomic E-state index is 13.9. The third kappa shape index (κ3) is 5.66. The molecule has 9 heteroatoms. The Labute approximate surface area is 230 Å². The predicted molar refractivity (Wildman–Crippen MR) is 151 cm³/mol. The Hall–Kier alpha value is -2.94. The van der Waals surface area contributed by atoms with E-state index >= 15 is 0 Å². The van der Waals surface area contributed by atoms with E-state index in [1.807, 2.05) is 53.4 Å². The Kier molecular flexibility index (Phi) is 8.52. The summed E-state index contributed by atoms with van der Waals surface area (Å²) in [4.78, 5) is 29.6. The van der Waals surface area contributed by atoms with Gasteiger partial charge >= 0.3 is 5.69 Å². The smallest absolute Gasteiger partial charge is 0.330 e. The molecule has 0 saturated carbocycles. The van der Waals surface area contributed by atoms with E-state index in [9.17, 15) is 9.59 Å². The zero-order valence-corrected chi connectivity index (χ0v) is 23.5. The van der Waals surface area contributed by atoms with Gasteiger partial charge in [0.05, 0.1) is 28.8 Å². The normalized spacial score (nSPS) is 12.3. The minimum atomic E-state index is -0.407. The summed E-state index contributed by atoms with van der Waals surface area (Å²) in [6, 6.07) is 18.6. The largest absolute Gasteiger partial charge is 0.349 e. The van der Waals surface area contributed by atoms with Gasteiger partial charge in [-0.25, -0.2) is 4.79 Å². The van der Waals surface area contributed by atoms with Crippen molar-refractivity contribution >= 4 is 39.0 Å². The number of amides is 1. The van der Waals surface area contributed by atoms with Gasteiger partial charge in [-0.05, 0) is 61.7 Å². The number of nitrogens with zero attached hydrogens (tertiary/aromatic N) is 4. The second kappa shape index (κ2) is 11.6. The number of aryl methyl sites for hydroxylation is 1. The van der Waals surface area contributed by atoms with E-state index in [1.165, 1.54) is 4.52 Å². The maximum atomic E-state index is 13.9. The third-order valence-electron chi connectivity index (χ3n) is 6.44. The summed E-state index contributed by atoms with van der Waals surface area (Å²) < 4.78 is 3.95. The van der Waals surface area contributed by atoms with Gasteiger partial charge in [0.2, 0.25) is 0 Å². The maximum Gasteiger partial charge on any atom is 0.349 e. The van der Waals surface area contributed by atoms with Crippen LogP contribution in [-0.4, -0.2) is 38.1 Å². The Morgan fingerprint density at radius 2 is 1.81 bits per heavy atom. The molecule has 2 aromatic carbocycles. The Bertz CT molecular complexity index is 1450. The molecule has 2 heterocycles. The first-order valence-electron chi connectivity index (χ1n) is 12.3. The molecule has 194 valence electrons. The molecule has 0 aliphatic carbocycles. The van der Waals surface area contributed by atoms with Crippen LogP contribution in [0.5, 0.6) is 0 Å². The van der Waals surface area contributed by atoms with Crippen molar-refractivity contribution in [3.05, 3.63) is 103 Å². The number of hydrogen-bond donors (Lipinski definition) is 1. The molecule has 0 radical (unpaired) electrons. The van der Waals surface area contributed by atoms with Crippen LogP contribution in [0, 0.1) is 12.8 Å². The van der Waals surface area contributed by atoms with Crippen LogP contribution in [-0.2, 0) is 6.54 Å². The van der Waals surface area contributed by atoms with E-state index in [2.05, 4.69) is 34.9 Å². The molecule has 0 aliphatic heterocycles. The summed E-state index contributed by atoms with van der Waals surface area (Å²) in [5.41, 5.74) is 8.93. The Morgan fingerprint density at radius 1 is 1.14 bits per heavy atom. The van der Waals surface area contributed by atoms with Crippen molar-refractivity contribution in [1.29, 1.82) is 0 Å². The number of nitrogens with two attached hydrogens (primary N) is 1. The van der Waals surface area contributed by atoms with Gasteiger partial charge in [-0.2, -0.15) is 9.61 Å². The van der Waals surface area contributed by atoms with Crippen LogP contribution >= 0.6 is 27.5 Å². The number of carbonyl (C=O) groups is 1. The van der Waals surface area contributed by atoms with Crippen LogP contribution in [0.3, 0.4) is 0 Å². The van der Waals surface area contributed by atoms with Crippen molar-refractivity contribution in [3.8, 4) is 0 Å². The van der Waals surface area contributed by atoms with E-state index < -0.39 is 6.04 Å². The summed E-state index contributed by atoms with van der Waals surface area (Å²) in [7, 11) is 0. The number of hydrogen-bond acceptors (Lipinski definition) is 4. The lowest BCUT2D eigenvalue weighted by molar-refractivity contribution is 0.0609. The number of halogens is 2. The first kappa shape index (κ1) is 27.1. The summed E-state index contributed by atoms with van der Waals surface area (Å²) in [5.74, 6) is -0.127. The zero-order chi connectivity index (χ0) is 26.7. The monoisotopic (exact) mass is 583 g/mol. The van der Waals surface area contributed by atoms with Gasteiger partial charge in [0.25, 0.3) is 5.91 Å². The van der Waals surface area contributed by atoms with Crippen LogP contribution in [0.4, 0.5) is 0 Å². The molecule has 4 rings (SSSR count). The van der Waals surface area contributed by atoms with Gasteiger partial charge < -0.3 is 10.6 Å². The molecule has 37 heavy (non-hydrogen) atoms. The highest BCUT2D eigenvalue weighted by Crippen LogP contribution is 2.33. The third-order valence-corrected chi connectivity index (χ3v) is 7.43. The van der Waals surface area contributed by atoms with Crippen molar-refractivity contribution in [2.24, 2.45) is 11.7 Å². The molecular formula is C28H31BrClN5O2. The fourth-order valence-corrected chi connectivity index (χ4v) is 5.09. The molecule has 0 saturated heterocycles. The van der Waals surface area contributed by atoms with Crippen molar-refractivity contribution < 1.29 is 4.79 Å². The first-order valence-corrected chi connectivity index (χ1v) is 13.5. The molecule has 0 spiro atoms. The van der Waals surface area contributed by atoms with Gasteiger partial charge in [0.1, 0.15) is 0 Å². The van der Waals surface area contributed by atoms with Crippen molar-refractivity contribution in [1.82, 2.24) is 19.1 Å². The van der Waals surface area contributed by atoms with Gasteiger partial charge in [0, 0.05) is 22.3 Å². The molecule has 7 nitrogen and oxygen atoms in total. The number of fused-ring (bicyclic) bond motifs is 1. The van der Waals surface area contributed by atoms with Gasteiger partial charge in [0.15, 0.2) is 0 Å². The lowest BCUT2D eigenvalue weighted by Gasteiger charge is -2.36. The van der Waals surface area contributed by atoms with Gasteiger partial charge in [-0.1, -0.05) is 71.7 Å². The van der Waals surface area contributed by atoms with Gasteiger partial charge in [-0.3, -0.25) is 9.36 Å². The summed E-state index contributed by atoms with van der Waals surface area (Å²) in [5, 5.41) is 4.83. The molecule has 0 aliphatic rings. The number of rotatable bonds is 9. The molecule has 2 N–H and O–H groups in total. The summed E-state index contributed by atoms with van der Waals surface area (Å²) in [6.45, 7) is 7.12. The van der Waals surface area contributed by atoms with Crippen LogP contribution in [0.15, 0.2) is 69.9 Å². The molecular weight excluding hydrogens is 554 g/mol. The molecule has 1 amide bonds.